The topological polar surface area (TPSA) is 64.3 Å². The summed E-state index contributed by atoms with van der Waals surface area (Å²) in [7, 11) is 0. The normalized spacial score (nSPS) is 27.5. The molecule has 0 atom stereocenters. The molecule has 1 amide bonds. The van der Waals surface area contributed by atoms with E-state index in [9.17, 15) is 4.79 Å². The maximum Gasteiger partial charge on any atom is 0.246 e. The van der Waals surface area contributed by atoms with E-state index < -0.39 is 0 Å². The van der Waals surface area contributed by atoms with E-state index in [2.05, 4.69) is 26.1 Å². The fourth-order valence-corrected chi connectivity index (χ4v) is 2.68. The Morgan fingerprint density at radius 2 is 1.95 bits per heavy atom. The van der Waals surface area contributed by atoms with E-state index in [0.717, 1.165) is 44.4 Å². The van der Waals surface area contributed by atoms with Crippen LogP contribution >= 0.6 is 0 Å². The van der Waals surface area contributed by atoms with Crippen LogP contribution in [0.3, 0.4) is 0 Å². The molecule has 0 aromatic carbocycles. The van der Waals surface area contributed by atoms with Gasteiger partial charge in [-0.05, 0) is 44.4 Å². The SMILES string of the molecule is CCC(CC)NC(=O)COC1(CN)CCC(C)CC1. The van der Waals surface area contributed by atoms with Gasteiger partial charge in [-0.15, -0.1) is 0 Å². The Balaban J connectivity index is 2.38. The largest absolute Gasteiger partial charge is 0.364 e. The first-order valence-corrected chi connectivity index (χ1v) is 7.68. The van der Waals surface area contributed by atoms with Crippen molar-refractivity contribution in [2.45, 2.75) is 70.9 Å². The predicted octanol–water partition coefficient (Wildman–Crippen LogP) is 2.22. The van der Waals surface area contributed by atoms with Gasteiger partial charge < -0.3 is 15.8 Å². The fourth-order valence-electron chi connectivity index (χ4n) is 2.68. The standard InChI is InChI=1S/C15H30N2O2/c1-4-13(5-2)17-14(18)10-19-15(11-16)8-6-12(3)7-9-15/h12-13H,4-11,16H2,1-3H3,(H,17,18). The molecule has 0 spiro atoms. The average Bonchev–Trinajstić information content (AvgIpc) is 2.44. The summed E-state index contributed by atoms with van der Waals surface area (Å²) in [5, 5.41) is 3.00. The van der Waals surface area contributed by atoms with Crippen LogP contribution in [0.1, 0.15) is 59.3 Å². The third-order valence-electron chi connectivity index (χ3n) is 4.42. The van der Waals surface area contributed by atoms with Gasteiger partial charge in [-0.2, -0.15) is 0 Å². The minimum Gasteiger partial charge on any atom is -0.364 e. The zero-order valence-corrected chi connectivity index (χ0v) is 12.7. The van der Waals surface area contributed by atoms with Crippen LogP contribution in [-0.2, 0) is 9.53 Å². The van der Waals surface area contributed by atoms with Gasteiger partial charge in [-0.3, -0.25) is 4.79 Å². The number of carbonyl (C=O) groups excluding carboxylic acids is 1. The lowest BCUT2D eigenvalue weighted by molar-refractivity contribution is -0.136. The maximum absolute atomic E-state index is 11.9. The Morgan fingerprint density at radius 1 is 1.37 bits per heavy atom. The Kier molecular flexibility index (Phi) is 6.80. The highest BCUT2D eigenvalue weighted by Crippen LogP contribution is 2.33. The highest BCUT2D eigenvalue weighted by atomic mass is 16.5. The molecule has 19 heavy (non-hydrogen) atoms. The number of rotatable bonds is 7. The van der Waals surface area contributed by atoms with Gasteiger partial charge in [-0.1, -0.05) is 20.8 Å². The van der Waals surface area contributed by atoms with E-state index in [1.165, 1.54) is 0 Å². The van der Waals surface area contributed by atoms with Crippen molar-refractivity contribution in [1.82, 2.24) is 5.32 Å². The number of hydrogen-bond donors (Lipinski definition) is 2. The lowest BCUT2D eigenvalue weighted by Gasteiger charge is -2.38. The first-order valence-electron chi connectivity index (χ1n) is 7.68. The number of nitrogens with one attached hydrogen (secondary N) is 1. The minimum absolute atomic E-state index is 0.0138. The van der Waals surface area contributed by atoms with Gasteiger partial charge in [0.2, 0.25) is 5.91 Å². The molecule has 0 aliphatic heterocycles. The average molecular weight is 270 g/mol. The molecule has 1 fully saturated rings. The molecule has 1 aliphatic carbocycles. The van der Waals surface area contributed by atoms with E-state index in [1.54, 1.807) is 0 Å². The summed E-state index contributed by atoms with van der Waals surface area (Å²) < 4.78 is 5.88. The third kappa shape index (κ3) is 5.11. The van der Waals surface area contributed by atoms with E-state index in [4.69, 9.17) is 10.5 Å². The lowest BCUT2D eigenvalue weighted by Crippen LogP contribution is -2.46. The number of carbonyl (C=O) groups is 1. The van der Waals surface area contributed by atoms with E-state index in [0.29, 0.717) is 6.54 Å². The van der Waals surface area contributed by atoms with Crippen molar-refractivity contribution < 1.29 is 9.53 Å². The predicted molar refractivity (Wildman–Crippen MR) is 77.9 cm³/mol. The van der Waals surface area contributed by atoms with Crippen LogP contribution in [0.5, 0.6) is 0 Å². The Labute approximate surface area is 117 Å². The van der Waals surface area contributed by atoms with E-state index in [-0.39, 0.29) is 24.2 Å². The van der Waals surface area contributed by atoms with Gasteiger partial charge >= 0.3 is 0 Å². The van der Waals surface area contributed by atoms with E-state index in [1.807, 2.05) is 0 Å². The Bertz CT molecular complexity index is 269. The third-order valence-corrected chi connectivity index (χ3v) is 4.42. The molecule has 0 heterocycles. The number of hydrogen-bond acceptors (Lipinski definition) is 3. The zero-order chi connectivity index (χ0) is 14.3. The second-order valence-corrected chi connectivity index (χ2v) is 5.94. The van der Waals surface area contributed by atoms with Crippen molar-refractivity contribution in [3.8, 4) is 0 Å². The van der Waals surface area contributed by atoms with Gasteiger partial charge in [0.15, 0.2) is 0 Å². The first kappa shape index (κ1) is 16.4. The van der Waals surface area contributed by atoms with Crippen LogP contribution in [0.15, 0.2) is 0 Å². The van der Waals surface area contributed by atoms with Crippen molar-refractivity contribution in [2.24, 2.45) is 11.7 Å². The molecule has 112 valence electrons. The maximum atomic E-state index is 11.9. The van der Waals surface area contributed by atoms with E-state index >= 15 is 0 Å². The molecule has 0 bridgehead atoms. The van der Waals surface area contributed by atoms with Crippen molar-refractivity contribution >= 4 is 5.91 Å². The van der Waals surface area contributed by atoms with Crippen LogP contribution in [0.4, 0.5) is 0 Å². The summed E-state index contributed by atoms with van der Waals surface area (Å²) in [4.78, 5) is 11.9. The summed E-state index contributed by atoms with van der Waals surface area (Å²) in [6, 6.07) is 0.260. The summed E-state index contributed by atoms with van der Waals surface area (Å²) in [5.41, 5.74) is 5.60. The van der Waals surface area contributed by atoms with Crippen LogP contribution in [0.2, 0.25) is 0 Å². The quantitative estimate of drug-likeness (QED) is 0.745. The van der Waals surface area contributed by atoms with Gasteiger partial charge in [-0.25, -0.2) is 0 Å². The van der Waals surface area contributed by atoms with Crippen molar-refractivity contribution in [1.29, 1.82) is 0 Å². The van der Waals surface area contributed by atoms with Gasteiger partial charge in [0, 0.05) is 12.6 Å². The molecule has 4 nitrogen and oxygen atoms in total. The molecule has 0 aromatic rings. The van der Waals surface area contributed by atoms with Gasteiger partial charge in [0.05, 0.1) is 5.60 Å². The van der Waals surface area contributed by atoms with Gasteiger partial charge in [0.1, 0.15) is 6.61 Å². The molecule has 4 heteroatoms. The fraction of sp³-hybridized carbons (Fsp3) is 0.933. The molecule has 0 radical (unpaired) electrons. The van der Waals surface area contributed by atoms with Crippen LogP contribution in [0.25, 0.3) is 0 Å². The number of ether oxygens (including phenoxy) is 1. The molecule has 1 saturated carbocycles. The summed E-state index contributed by atoms with van der Waals surface area (Å²) in [6.45, 7) is 7.08. The van der Waals surface area contributed by atoms with Gasteiger partial charge in [0.25, 0.3) is 0 Å². The second kappa shape index (κ2) is 7.85. The molecule has 1 rings (SSSR count). The minimum atomic E-state index is -0.266. The number of amides is 1. The lowest BCUT2D eigenvalue weighted by atomic mass is 9.79. The Hall–Kier alpha value is -0.610. The highest BCUT2D eigenvalue weighted by molar-refractivity contribution is 5.77. The summed E-state index contributed by atoms with van der Waals surface area (Å²) in [5.74, 6) is 0.738. The smallest absolute Gasteiger partial charge is 0.246 e. The molecule has 0 saturated heterocycles. The van der Waals surface area contributed by atoms with Crippen molar-refractivity contribution in [3.63, 3.8) is 0 Å². The van der Waals surface area contributed by atoms with Crippen LogP contribution in [0, 0.1) is 5.92 Å². The molecular weight excluding hydrogens is 240 g/mol. The molecule has 3 N–H and O–H groups in total. The summed E-state index contributed by atoms with van der Waals surface area (Å²) in [6.07, 6.45) is 6.16. The zero-order valence-electron chi connectivity index (χ0n) is 12.7. The Morgan fingerprint density at radius 3 is 2.42 bits per heavy atom. The van der Waals surface area contributed by atoms with Crippen LogP contribution in [-0.4, -0.2) is 30.7 Å². The molecule has 0 unspecified atom stereocenters. The monoisotopic (exact) mass is 270 g/mol. The first-order chi connectivity index (χ1) is 9.05. The highest BCUT2D eigenvalue weighted by Gasteiger charge is 2.34. The molecule has 1 aliphatic rings. The second-order valence-electron chi connectivity index (χ2n) is 5.94. The molecule has 0 aromatic heterocycles. The number of nitrogens with two attached hydrogens (primary N) is 1. The summed E-state index contributed by atoms with van der Waals surface area (Å²) >= 11 is 0. The van der Waals surface area contributed by atoms with Crippen molar-refractivity contribution in [3.05, 3.63) is 0 Å². The van der Waals surface area contributed by atoms with Crippen LogP contribution < -0.4 is 11.1 Å². The van der Waals surface area contributed by atoms with Crippen molar-refractivity contribution in [2.75, 3.05) is 13.2 Å². The molecular formula is C15H30N2O2.